The summed E-state index contributed by atoms with van der Waals surface area (Å²) in [5.41, 5.74) is 2.89. The van der Waals surface area contributed by atoms with Crippen molar-refractivity contribution in [1.29, 1.82) is 0 Å². The number of halogens is 1. The zero-order valence-electron chi connectivity index (χ0n) is 13.5. The Labute approximate surface area is 131 Å². The molecule has 4 heteroatoms. The van der Waals surface area contributed by atoms with Crippen LogP contribution in [0, 0.1) is 18.3 Å². The summed E-state index contributed by atoms with van der Waals surface area (Å²) in [6.07, 6.45) is 5.11. The second-order valence-corrected chi connectivity index (χ2v) is 7.54. The van der Waals surface area contributed by atoms with Gasteiger partial charge in [0.05, 0.1) is 15.9 Å². The molecular formula is C16H28BrN3. The van der Waals surface area contributed by atoms with Crippen molar-refractivity contribution in [2.45, 2.75) is 66.0 Å². The number of aromatic nitrogens is 2. The predicted octanol–water partition coefficient (Wildman–Crippen LogP) is 3.93. The molecule has 1 heterocycles. The SMILES string of the molecule is CCn1nc(C)c(Br)c1CC(NC)C1CCCC1(C)C. The highest BCUT2D eigenvalue weighted by molar-refractivity contribution is 9.10. The van der Waals surface area contributed by atoms with Crippen LogP contribution in [0.1, 0.15) is 51.4 Å². The first-order valence-electron chi connectivity index (χ1n) is 7.79. The minimum Gasteiger partial charge on any atom is -0.316 e. The molecule has 2 unspecified atom stereocenters. The molecule has 1 fully saturated rings. The molecule has 20 heavy (non-hydrogen) atoms. The van der Waals surface area contributed by atoms with Crippen LogP contribution in [-0.4, -0.2) is 22.9 Å². The number of hydrogen-bond donors (Lipinski definition) is 1. The van der Waals surface area contributed by atoms with Gasteiger partial charge >= 0.3 is 0 Å². The highest BCUT2D eigenvalue weighted by Gasteiger charge is 2.39. The number of likely N-dealkylation sites (N-methyl/N-ethyl adjacent to an activating group) is 1. The van der Waals surface area contributed by atoms with Gasteiger partial charge in [-0.2, -0.15) is 5.10 Å². The quantitative estimate of drug-likeness (QED) is 0.879. The van der Waals surface area contributed by atoms with Crippen molar-refractivity contribution in [3.8, 4) is 0 Å². The summed E-state index contributed by atoms with van der Waals surface area (Å²) in [5.74, 6) is 0.750. The van der Waals surface area contributed by atoms with Crippen LogP contribution in [0.2, 0.25) is 0 Å². The molecule has 0 spiro atoms. The van der Waals surface area contributed by atoms with Crippen molar-refractivity contribution in [2.24, 2.45) is 11.3 Å². The molecule has 114 valence electrons. The second-order valence-electron chi connectivity index (χ2n) is 6.75. The van der Waals surface area contributed by atoms with Gasteiger partial charge in [-0.25, -0.2) is 0 Å². The number of aryl methyl sites for hydroxylation is 2. The zero-order valence-corrected chi connectivity index (χ0v) is 15.0. The Morgan fingerprint density at radius 3 is 2.70 bits per heavy atom. The third-order valence-electron chi connectivity index (χ3n) is 5.06. The molecular weight excluding hydrogens is 314 g/mol. The van der Waals surface area contributed by atoms with E-state index in [0.717, 1.165) is 24.6 Å². The normalized spacial score (nSPS) is 23.2. The van der Waals surface area contributed by atoms with E-state index in [1.165, 1.54) is 29.4 Å². The summed E-state index contributed by atoms with van der Waals surface area (Å²) in [4.78, 5) is 0. The fourth-order valence-corrected chi connectivity index (χ4v) is 4.26. The molecule has 1 aromatic heterocycles. The van der Waals surface area contributed by atoms with Crippen LogP contribution >= 0.6 is 15.9 Å². The third-order valence-corrected chi connectivity index (χ3v) is 6.09. The van der Waals surface area contributed by atoms with Gasteiger partial charge in [-0.05, 0) is 61.0 Å². The lowest BCUT2D eigenvalue weighted by atomic mass is 9.76. The fourth-order valence-electron chi connectivity index (χ4n) is 3.82. The van der Waals surface area contributed by atoms with E-state index in [4.69, 9.17) is 0 Å². The number of hydrogen-bond acceptors (Lipinski definition) is 2. The molecule has 1 aliphatic rings. The summed E-state index contributed by atoms with van der Waals surface area (Å²) < 4.78 is 3.33. The molecule has 1 saturated carbocycles. The van der Waals surface area contributed by atoms with Crippen molar-refractivity contribution in [3.63, 3.8) is 0 Å². The lowest BCUT2D eigenvalue weighted by Gasteiger charge is -2.34. The van der Waals surface area contributed by atoms with Gasteiger partial charge in [-0.1, -0.05) is 20.3 Å². The van der Waals surface area contributed by atoms with Crippen molar-refractivity contribution in [2.75, 3.05) is 7.05 Å². The molecule has 2 atom stereocenters. The maximum absolute atomic E-state index is 4.62. The van der Waals surface area contributed by atoms with Gasteiger partial charge in [0.25, 0.3) is 0 Å². The molecule has 1 aliphatic carbocycles. The molecule has 1 N–H and O–H groups in total. The van der Waals surface area contributed by atoms with Crippen molar-refractivity contribution in [1.82, 2.24) is 15.1 Å². The van der Waals surface area contributed by atoms with Crippen LogP contribution in [0.15, 0.2) is 4.47 Å². The van der Waals surface area contributed by atoms with Gasteiger partial charge in [-0.3, -0.25) is 4.68 Å². The molecule has 1 aromatic rings. The van der Waals surface area contributed by atoms with Gasteiger partial charge in [0.15, 0.2) is 0 Å². The van der Waals surface area contributed by atoms with Gasteiger partial charge in [0, 0.05) is 19.0 Å². The smallest absolute Gasteiger partial charge is 0.0738 e. The number of rotatable bonds is 5. The Morgan fingerprint density at radius 2 is 2.20 bits per heavy atom. The van der Waals surface area contributed by atoms with Gasteiger partial charge < -0.3 is 5.32 Å². The van der Waals surface area contributed by atoms with E-state index in [0.29, 0.717) is 11.5 Å². The van der Waals surface area contributed by atoms with Crippen LogP contribution in [0.3, 0.4) is 0 Å². The first-order valence-corrected chi connectivity index (χ1v) is 8.59. The Kier molecular flexibility index (Phi) is 4.96. The molecule has 0 aliphatic heterocycles. The average Bonchev–Trinajstić information content (AvgIpc) is 2.88. The maximum atomic E-state index is 4.62. The molecule has 2 rings (SSSR count). The second kappa shape index (κ2) is 6.18. The number of nitrogens with one attached hydrogen (secondary N) is 1. The van der Waals surface area contributed by atoms with Crippen molar-refractivity contribution >= 4 is 15.9 Å². The average molecular weight is 342 g/mol. The van der Waals surface area contributed by atoms with Crippen LogP contribution in [0.25, 0.3) is 0 Å². The first-order chi connectivity index (χ1) is 9.40. The molecule has 0 aromatic carbocycles. The third kappa shape index (κ3) is 2.96. The standard InChI is InChI=1S/C16H28BrN3/c1-6-20-14(15(17)11(2)19-20)10-13(18-5)12-8-7-9-16(12,3)4/h12-13,18H,6-10H2,1-5H3. The Bertz CT molecular complexity index is 465. The highest BCUT2D eigenvalue weighted by Crippen LogP contribution is 2.45. The lowest BCUT2D eigenvalue weighted by molar-refractivity contribution is 0.199. The van der Waals surface area contributed by atoms with Gasteiger partial charge in [-0.15, -0.1) is 0 Å². The fraction of sp³-hybridized carbons (Fsp3) is 0.812. The van der Waals surface area contributed by atoms with E-state index < -0.39 is 0 Å². The highest BCUT2D eigenvalue weighted by atomic mass is 79.9. The van der Waals surface area contributed by atoms with E-state index in [2.05, 4.69) is 65.8 Å². The van der Waals surface area contributed by atoms with E-state index in [-0.39, 0.29) is 0 Å². The monoisotopic (exact) mass is 341 g/mol. The van der Waals surface area contributed by atoms with E-state index in [1.54, 1.807) is 0 Å². The Hall–Kier alpha value is -0.350. The van der Waals surface area contributed by atoms with Crippen molar-refractivity contribution in [3.05, 3.63) is 15.9 Å². The van der Waals surface area contributed by atoms with E-state index in [9.17, 15) is 0 Å². The Balaban J connectivity index is 2.23. The molecule has 3 nitrogen and oxygen atoms in total. The summed E-state index contributed by atoms with van der Waals surface area (Å²) in [6.45, 7) is 10.0. The van der Waals surface area contributed by atoms with E-state index in [1.807, 2.05) is 0 Å². The molecule has 0 bridgehead atoms. The van der Waals surface area contributed by atoms with Gasteiger partial charge in [0.2, 0.25) is 0 Å². The number of nitrogens with zero attached hydrogens (tertiary/aromatic N) is 2. The van der Waals surface area contributed by atoms with Crippen molar-refractivity contribution < 1.29 is 0 Å². The minimum atomic E-state index is 0.451. The van der Waals surface area contributed by atoms with Crippen LogP contribution in [0.5, 0.6) is 0 Å². The van der Waals surface area contributed by atoms with Gasteiger partial charge in [0.1, 0.15) is 0 Å². The summed E-state index contributed by atoms with van der Waals surface area (Å²) >= 11 is 3.73. The Morgan fingerprint density at radius 1 is 1.50 bits per heavy atom. The summed E-state index contributed by atoms with van der Waals surface area (Å²) in [7, 11) is 2.10. The maximum Gasteiger partial charge on any atom is 0.0738 e. The summed E-state index contributed by atoms with van der Waals surface area (Å²) in [5, 5.41) is 8.19. The minimum absolute atomic E-state index is 0.451. The van der Waals surface area contributed by atoms with Crippen LogP contribution in [0.4, 0.5) is 0 Å². The van der Waals surface area contributed by atoms with E-state index >= 15 is 0 Å². The first kappa shape index (κ1) is 16.0. The predicted molar refractivity (Wildman–Crippen MR) is 88.0 cm³/mol. The topological polar surface area (TPSA) is 29.9 Å². The molecule has 0 amide bonds. The lowest BCUT2D eigenvalue weighted by Crippen LogP contribution is -2.41. The zero-order chi connectivity index (χ0) is 14.9. The molecule has 0 radical (unpaired) electrons. The molecule has 0 saturated heterocycles. The largest absolute Gasteiger partial charge is 0.316 e. The van der Waals surface area contributed by atoms with Crippen LogP contribution < -0.4 is 5.32 Å². The summed E-state index contributed by atoms with van der Waals surface area (Å²) in [6, 6.07) is 0.533. The van der Waals surface area contributed by atoms with Crippen LogP contribution in [-0.2, 0) is 13.0 Å².